The molecule has 6 heteroatoms. The lowest BCUT2D eigenvalue weighted by molar-refractivity contribution is -0.137. The van der Waals surface area contributed by atoms with E-state index in [0.29, 0.717) is 5.69 Å². The molecular formula is C15H23BrN2O3. The van der Waals surface area contributed by atoms with Crippen molar-refractivity contribution in [2.75, 3.05) is 6.54 Å². The summed E-state index contributed by atoms with van der Waals surface area (Å²) in [6.45, 7) is 9.92. The Balaban J connectivity index is 3.14. The topological polar surface area (TPSA) is 62.5 Å². The van der Waals surface area contributed by atoms with Gasteiger partial charge in [0.2, 0.25) is 0 Å². The molecule has 0 unspecified atom stereocenters. The quantitative estimate of drug-likeness (QED) is 0.875. The van der Waals surface area contributed by atoms with E-state index in [9.17, 15) is 9.59 Å². The van der Waals surface area contributed by atoms with Gasteiger partial charge < -0.3 is 14.6 Å². The van der Waals surface area contributed by atoms with Crippen molar-refractivity contribution in [1.82, 2.24) is 9.47 Å². The van der Waals surface area contributed by atoms with Crippen LogP contribution >= 0.6 is 15.9 Å². The fourth-order valence-corrected chi connectivity index (χ4v) is 2.57. The molecule has 0 radical (unpaired) electrons. The predicted molar refractivity (Wildman–Crippen MR) is 85.6 cm³/mol. The molecule has 0 aliphatic rings. The number of rotatable bonds is 5. The molecule has 0 aromatic carbocycles. The smallest absolute Gasteiger partial charge is 0.305 e. The number of aliphatic carboxylic acids is 1. The van der Waals surface area contributed by atoms with Crippen LogP contribution in [0.4, 0.5) is 0 Å². The van der Waals surface area contributed by atoms with E-state index in [1.165, 1.54) is 0 Å². The summed E-state index contributed by atoms with van der Waals surface area (Å²) in [7, 11) is 0. The van der Waals surface area contributed by atoms with Gasteiger partial charge in [-0.1, -0.05) is 0 Å². The van der Waals surface area contributed by atoms with Crippen LogP contribution in [-0.4, -0.2) is 38.5 Å². The zero-order valence-corrected chi connectivity index (χ0v) is 14.8. The third-order valence-corrected chi connectivity index (χ3v) is 3.63. The van der Waals surface area contributed by atoms with E-state index < -0.39 is 11.5 Å². The van der Waals surface area contributed by atoms with E-state index in [2.05, 4.69) is 15.9 Å². The highest BCUT2D eigenvalue weighted by Crippen LogP contribution is 2.24. The number of carbonyl (C=O) groups is 2. The number of carboxylic acid groups (broad SMARTS) is 1. The summed E-state index contributed by atoms with van der Waals surface area (Å²) < 4.78 is 2.73. The molecule has 0 saturated heterocycles. The fourth-order valence-electron chi connectivity index (χ4n) is 2.13. The van der Waals surface area contributed by atoms with Gasteiger partial charge in [0, 0.05) is 28.8 Å². The van der Waals surface area contributed by atoms with Crippen LogP contribution in [0, 0.1) is 0 Å². The summed E-state index contributed by atoms with van der Waals surface area (Å²) >= 11 is 3.40. The molecule has 0 fully saturated rings. The first-order chi connectivity index (χ1) is 9.54. The summed E-state index contributed by atoms with van der Waals surface area (Å²) in [5.74, 6) is -1.05. The van der Waals surface area contributed by atoms with Gasteiger partial charge >= 0.3 is 5.97 Å². The normalized spacial score (nSPS) is 11.8. The highest BCUT2D eigenvalue weighted by Gasteiger charge is 2.30. The van der Waals surface area contributed by atoms with Crippen LogP contribution in [0.3, 0.4) is 0 Å². The van der Waals surface area contributed by atoms with Crippen LogP contribution < -0.4 is 0 Å². The summed E-state index contributed by atoms with van der Waals surface area (Å²) in [6.07, 6.45) is 1.81. The second-order valence-electron chi connectivity index (χ2n) is 6.32. The van der Waals surface area contributed by atoms with Crippen LogP contribution in [-0.2, 0) is 4.79 Å². The maximum absolute atomic E-state index is 12.8. The Morgan fingerprint density at radius 2 is 1.95 bits per heavy atom. The Kier molecular flexibility index (Phi) is 5.61. The lowest BCUT2D eigenvalue weighted by Gasteiger charge is -2.35. The summed E-state index contributed by atoms with van der Waals surface area (Å²) in [4.78, 5) is 25.3. The second kappa shape index (κ2) is 6.64. The van der Waals surface area contributed by atoms with Crippen molar-refractivity contribution < 1.29 is 14.7 Å². The monoisotopic (exact) mass is 358 g/mol. The highest BCUT2D eigenvalue weighted by molar-refractivity contribution is 9.10. The number of carbonyl (C=O) groups excluding carboxylic acids is 1. The lowest BCUT2D eigenvalue weighted by Crippen LogP contribution is -2.47. The Morgan fingerprint density at radius 3 is 2.38 bits per heavy atom. The Labute approximate surface area is 134 Å². The maximum atomic E-state index is 12.8. The number of hydrogen-bond donors (Lipinski definition) is 1. The van der Waals surface area contributed by atoms with Gasteiger partial charge in [-0.25, -0.2) is 0 Å². The molecule has 1 N–H and O–H groups in total. The first-order valence-corrected chi connectivity index (χ1v) is 7.74. The SMILES string of the molecule is CC(C)n1cc(Br)cc1C(=O)N(CCC(=O)O)C(C)(C)C. The van der Waals surface area contributed by atoms with Gasteiger partial charge in [0.15, 0.2) is 0 Å². The number of halogens is 1. The van der Waals surface area contributed by atoms with E-state index in [-0.39, 0.29) is 24.9 Å². The minimum atomic E-state index is -0.905. The minimum absolute atomic E-state index is 0.0629. The summed E-state index contributed by atoms with van der Waals surface area (Å²) in [5, 5.41) is 8.88. The second-order valence-corrected chi connectivity index (χ2v) is 7.23. The maximum Gasteiger partial charge on any atom is 0.305 e. The molecule has 1 aromatic rings. The standard InChI is InChI=1S/C15H23BrN2O3/c1-10(2)17-9-11(16)8-12(17)14(21)18(15(3,4)5)7-6-13(19)20/h8-10H,6-7H2,1-5H3,(H,19,20). The third kappa shape index (κ3) is 4.59. The van der Waals surface area contributed by atoms with Gasteiger partial charge in [-0.15, -0.1) is 0 Å². The number of carboxylic acids is 1. The van der Waals surface area contributed by atoms with Crippen LogP contribution in [0.5, 0.6) is 0 Å². The average molecular weight is 359 g/mol. The van der Waals surface area contributed by atoms with Gasteiger partial charge in [-0.05, 0) is 56.6 Å². The molecule has 1 heterocycles. The number of hydrogen-bond acceptors (Lipinski definition) is 2. The van der Waals surface area contributed by atoms with E-state index in [0.717, 1.165) is 4.47 Å². The van der Waals surface area contributed by atoms with Gasteiger partial charge in [0.1, 0.15) is 5.69 Å². The lowest BCUT2D eigenvalue weighted by atomic mass is 10.0. The molecule has 1 amide bonds. The Bertz CT molecular complexity index is 530. The molecule has 1 aromatic heterocycles. The van der Waals surface area contributed by atoms with Gasteiger partial charge in [0.05, 0.1) is 6.42 Å². The zero-order chi connectivity index (χ0) is 16.4. The van der Waals surface area contributed by atoms with Crippen molar-refractivity contribution in [3.8, 4) is 0 Å². The largest absolute Gasteiger partial charge is 0.481 e. The first kappa shape index (κ1) is 17.8. The predicted octanol–water partition coefficient (Wildman–Crippen LogP) is 3.55. The van der Waals surface area contributed by atoms with Crippen molar-refractivity contribution in [3.63, 3.8) is 0 Å². The number of aromatic nitrogens is 1. The third-order valence-electron chi connectivity index (χ3n) is 3.19. The molecule has 0 bridgehead atoms. The average Bonchev–Trinajstić information content (AvgIpc) is 2.69. The molecule has 118 valence electrons. The van der Waals surface area contributed by atoms with Crippen LogP contribution in [0.1, 0.15) is 57.6 Å². The molecule has 0 spiro atoms. The molecule has 1 rings (SSSR count). The number of nitrogens with zero attached hydrogens (tertiary/aromatic N) is 2. The molecular weight excluding hydrogens is 336 g/mol. The van der Waals surface area contributed by atoms with Crippen LogP contribution in [0.15, 0.2) is 16.7 Å². The van der Waals surface area contributed by atoms with Gasteiger partial charge in [0.25, 0.3) is 5.91 Å². The molecule has 5 nitrogen and oxygen atoms in total. The zero-order valence-electron chi connectivity index (χ0n) is 13.2. The molecule has 0 saturated carbocycles. The molecule has 21 heavy (non-hydrogen) atoms. The van der Waals surface area contributed by atoms with Crippen molar-refractivity contribution in [2.24, 2.45) is 0 Å². The summed E-state index contributed by atoms with van der Waals surface area (Å²) in [5.41, 5.74) is 0.127. The van der Waals surface area contributed by atoms with E-state index in [1.807, 2.05) is 45.4 Å². The van der Waals surface area contributed by atoms with Crippen molar-refractivity contribution in [3.05, 3.63) is 22.4 Å². The molecule has 0 aliphatic heterocycles. The molecule has 0 aliphatic carbocycles. The van der Waals surface area contributed by atoms with Crippen molar-refractivity contribution >= 4 is 27.8 Å². The van der Waals surface area contributed by atoms with E-state index >= 15 is 0 Å². The highest BCUT2D eigenvalue weighted by atomic mass is 79.9. The van der Waals surface area contributed by atoms with Crippen LogP contribution in [0.25, 0.3) is 0 Å². The Hall–Kier alpha value is -1.30. The van der Waals surface area contributed by atoms with E-state index in [4.69, 9.17) is 5.11 Å². The fraction of sp³-hybridized carbons (Fsp3) is 0.600. The van der Waals surface area contributed by atoms with E-state index in [1.54, 1.807) is 11.0 Å². The van der Waals surface area contributed by atoms with Crippen LogP contribution in [0.2, 0.25) is 0 Å². The van der Waals surface area contributed by atoms with Gasteiger partial charge in [-0.3, -0.25) is 9.59 Å². The van der Waals surface area contributed by atoms with Crippen molar-refractivity contribution in [2.45, 2.75) is 52.6 Å². The van der Waals surface area contributed by atoms with Crippen molar-refractivity contribution in [1.29, 1.82) is 0 Å². The molecule has 0 atom stereocenters. The Morgan fingerprint density at radius 1 is 1.38 bits per heavy atom. The first-order valence-electron chi connectivity index (χ1n) is 6.95. The number of amides is 1. The summed E-state index contributed by atoms with van der Waals surface area (Å²) in [6, 6.07) is 1.93. The minimum Gasteiger partial charge on any atom is -0.481 e. The van der Waals surface area contributed by atoms with Gasteiger partial charge in [-0.2, -0.15) is 0 Å².